The monoisotopic (exact) mass is 176 g/mol. The molecule has 0 atom stereocenters. The number of aromatic nitrogens is 2. The first-order chi connectivity index (χ1) is 6.16. The zero-order valence-corrected chi connectivity index (χ0v) is 6.74. The molecule has 0 aliphatic heterocycles. The van der Waals surface area contributed by atoms with Gasteiger partial charge in [0.05, 0.1) is 5.52 Å². The molecule has 5 nitrogen and oxygen atoms in total. The molecule has 1 heterocycles. The Kier molecular flexibility index (Phi) is 1.45. The fourth-order valence-electron chi connectivity index (χ4n) is 1.20. The van der Waals surface area contributed by atoms with E-state index in [4.69, 9.17) is 11.5 Å². The quantitative estimate of drug-likeness (QED) is 0.495. The number of hydrogen-bond donors (Lipinski definition) is 3. The molecule has 2 aromatic rings. The summed E-state index contributed by atoms with van der Waals surface area (Å²) in [6.45, 7) is 0. The van der Waals surface area contributed by atoms with Crippen molar-refractivity contribution in [2.75, 3.05) is 11.5 Å². The first-order valence-electron chi connectivity index (χ1n) is 3.72. The number of nitrogen functional groups attached to an aromatic ring is 2. The zero-order valence-electron chi connectivity index (χ0n) is 6.74. The van der Waals surface area contributed by atoms with Crippen molar-refractivity contribution in [3.63, 3.8) is 0 Å². The second-order valence-corrected chi connectivity index (χ2v) is 2.73. The summed E-state index contributed by atoms with van der Waals surface area (Å²) in [5.74, 6) is 0.200. The Morgan fingerprint density at radius 1 is 1.31 bits per heavy atom. The van der Waals surface area contributed by atoms with E-state index >= 15 is 0 Å². The third-order valence-electron chi connectivity index (χ3n) is 1.78. The highest BCUT2D eigenvalue weighted by Gasteiger charge is 2.00. The maximum atomic E-state index is 10.9. The van der Waals surface area contributed by atoms with E-state index in [-0.39, 0.29) is 5.82 Å². The highest BCUT2D eigenvalue weighted by atomic mass is 16.1. The van der Waals surface area contributed by atoms with E-state index in [0.29, 0.717) is 16.6 Å². The molecule has 1 aromatic carbocycles. The van der Waals surface area contributed by atoms with Crippen LogP contribution in [0.25, 0.3) is 10.9 Å². The average Bonchev–Trinajstić information content (AvgIpc) is 2.06. The molecule has 0 amide bonds. The van der Waals surface area contributed by atoms with Crippen LogP contribution in [0.5, 0.6) is 0 Å². The molecule has 0 aliphatic carbocycles. The van der Waals surface area contributed by atoms with Gasteiger partial charge in [0.15, 0.2) is 0 Å². The molecule has 1 aromatic heterocycles. The fraction of sp³-hybridized carbons (Fsp3) is 0. The molecule has 0 unspecified atom stereocenters. The van der Waals surface area contributed by atoms with Gasteiger partial charge in [0.25, 0.3) is 0 Å². The van der Waals surface area contributed by atoms with Gasteiger partial charge in [-0.2, -0.15) is 4.98 Å². The lowest BCUT2D eigenvalue weighted by Crippen LogP contribution is -2.12. The maximum Gasteiger partial charge on any atom is 0.347 e. The molecule has 0 saturated heterocycles. The van der Waals surface area contributed by atoms with Gasteiger partial charge in [0.2, 0.25) is 0 Å². The van der Waals surface area contributed by atoms with Crippen LogP contribution >= 0.6 is 0 Å². The topological polar surface area (TPSA) is 97.8 Å². The molecule has 2 rings (SSSR count). The largest absolute Gasteiger partial charge is 0.399 e. The first kappa shape index (κ1) is 7.60. The van der Waals surface area contributed by atoms with E-state index in [1.165, 1.54) is 0 Å². The van der Waals surface area contributed by atoms with Gasteiger partial charge < -0.3 is 16.5 Å². The first-order valence-corrected chi connectivity index (χ1v) is 3.72. The Morgan fingerprint density at radius 2 is 2.08 bits per heavy atom. The number of nitrogens with two attached hydrogens (primary N) is 2. The van der Waals surface area contributed by atoms with E-state index < -0.39 is 5.69 Å². The van der Waals surface area contributed by atoms with Crippen LogP contribution in [-0.4, -0.2) is 9.97 Å². The SMILES string of the molecule is Nc1ccc2[nH]c(=O)nc(N)c2c1. The Bertz CT molecular complexity index is 517. The number of benzene rings is 1. The number of hydrogen-bond acceptors (Lipinski definition) is 4. The van der Waals surface area contributed by atoms with Crippen molar-refractivity contribution in [3.05, 3.63) is 28.7 Å². The second kappa shape index (κ2) is 2.48. The molecule has 66 valence electrons. The van der Waals surface area contributed by atoms with E-state index in [0.717, 1.165) is 0 Å². The van der Waals surface area contributed by atoms with Crippen LogP contribution in [0.3, 0.4) is 0 Å². The van der Waals surface area contributed by atoms with Crippen molar-refractivity contribution < 1.29 is 0 Å². The number of nitrogens with zero attached hydrogens (tertiary/aromatic N) is 1. The zero-order chi connectivity index (χ0) is 9.42. The summed E-state index contributed by atoms with van der Waals surface area (Å²) in [6.07, 6.45) is 0. The number of rotatable bonds is 0. The third kappa shape index (κ3) is 1.20. The minimum Gasteiger partial charge on any atom is -0.399 e. The molecule has 0 aliphatic rings. The molecule has 0 fully saturated rings. The molecule has 0 bridgehead atoms. The van der Waals surface area contributed by atoms with E-state index in [9.17, 15) is 4.79 Å². The van der Waals surface area contributed by atoms with Crippen molar-refractivity contribution in [3.8, 4) is 0 Å². The Labute approximate surface area is 73.4 Å². The van der Waals surface area contributed by atoms with Crippen LogP contribution in [0.4, 0.5) is 11.5 Å². The minimum atomic E-state index is -0.449. The van der Waals surface area contributed by atoms with Crippen LogP contribution in [0, 0.1) is 0 Å². The number of nitrogens with one attached hydrogen (secondary N) is 1. The number of H-pyrrole nitrogens is 1. The summed E-state index contributed by atoms with van der Waals surface area (Å²) in [6, 6.07) is 5.06. The van der Waals surface area contributed by atoms with Crippen molar-refractivity contribution in [1.82, 2.24) is 9.97 Å². The van der Waals surface area contributed by atoms with Crippen LogP contribution in [0.15, 0.2) is 23.0 Å². The summed E-state index contributed by atoms with van der Waals surface area (Å²) in [5, 5.41) is 0.666. The molecule has 13 heavy (non-hydrogen) atoms. The lowest BCUT2D eigenvalue weighted by molar-refractivity contribution is 1.13. The van der Waals surface area contributed by atoms with Gasteiger partial charge in [-0.05, 0) is 18.2 Å². The summed E-state index contributed by atoms with van der Waals surface area (Å²) < 4.78 is 0. The summed E-state index contributed by atoms with van der Waals surface area (Å²) in [4.78, 5) is 17.0. The van der Waals surface area contributed by atoms with E-state index in [2.05, 4.69) is 9.97 Å². The second-order valence-electron chi connectivity index (χ2n) is 2.73. The van der Waals surface area contributed by atoms with Gasteiger partial charge in [0.1, 0.15) is 5.82 Å². The molecule has 5 heteroatoms. The van der Waals surface area contributed by atoms with Gasteiger partial charge in [-0.25, -0.2) is 4.79 Å². The van der Waals surface area contributed by atoms with Crippen molar-refractivity contribution in [1.29, 1.82) is 0 Å². The van der Waals surface area contributed by atoms with Gasteiger partial charge >= 0.3 is 5.69 Å². The van der Waals surface area contributed by atoms with Crippen molar-refractivity contribution in [2.24, 2.45) is 0 Å². The number of anilines is 2. The molecule has 5 N–H and O–H groups in total. The number of aromatic amines is 1. The van der Waals surface area contributed by atoms with Crippen LogP contribution < -0.4 is 17.2 Å². The van der Waals surface area contributed by atoms with Crippen LogP contribution in [0.1, 0.15) is 0 Å². The highest BCUT2D eigenvalue weighted by Crippen LogP contribution is 2.17. The van der Waals surface area contributed by atoms with Gasteiger partial charge in [0, 0.05) is 11.1 Å². The predicted octanol–water partition coefficient (Wildman–Crippen LogP) is 0.0875. The average molecular weight is 176 g/mol. The van der Waals surface area contributed by atoms with E-state index in [1.54, 1.807) is 18.2 Å². The minimum absolute atomic E-state index is 0.200. The predicted molar refractivity (Wildman–Crippen MR) is 51.2 cm³/mol. The summed E-state index contributed by atoms with van der Waals surface area (Å²) in [7, 11) is 0. The fourth-order valence-corrected chi connectivity index (χ4v) is 1.20. The standard InChI is InChI=1S/C8H8N4O/c9-4-1-2-6-5(3-4)7(10)12-8(13)11-6/h1-3H,9H2,(H3,10,11,12,13). The molecule has 0 radical (unpaired) electrons. The Morgan fingerprint density at radius 3 is 2.85 bits per heavy atom. The Balaban J connectivity index is 2.95. The normalized spacial score (nSPS) is 10.5. The molecule has 0 spiro atoms. The molecule has 0 saturated carbocycles. The van der Waals surface area contributed by atoms with E-state index in [1.807, 2.05) is 0 Å². The van der Waals surface area contributed by atoms with Gasteiger partial charge in [-0.3, -0.25) is 0 Å². The highest BCUT2D eigenvalue weighted by molar-refractivity contribution is 5.89. The van der Waals surface area contributed by atoms with Crippen LogP contribution in [0.2, 0.25) is 0 Å². The Hall–Kier alpha value is -2.04. The molecular formula is C8H8N4O. The van der Waals surface area contributed by atoms with Gasteiger partial charge in [-0.15, -0.1) is 0 Å². The molecular weight excluding hydrogens is 168 g/mol. The maximum absolute atomic E-state index is 10.9. The lowest BCUT2D eigenvalue weighted by Gasteiger charge is -2.00. The third-order valence-corrected chi connectivity index (χ3v) is 1.78. The smallest absolute Gasteiger partial charge is 0.347 e. The van der Waals surface area contributed by atoms with Crippen molar-refractivity contribution >= 4 is 22.4 Å². The summed E-state index contributed by atoms with van der Waals surface area (Å²) in [5.41, 5.74) is 11.9. The summed E-state index contributed by atoms with van der Waals surface area (Å²) >= 11 is 0. The number of fused-ring (bicyclic) bond motifs is 1. The van der Waals surface area contributed by atoms with Crippen molar-refractivity contribution in [2.45, 2.75) is 0 Å². The lowest BCUT2D eigenvalue weighted by atomic mass is 10.2. The van der Waals surface area contributed by atoms with Crippen LogP contribution in [-0.2, 0) is 0 Å². The van der Waals surface area contributed by atoms with Gasteiger partial charge in [-0.1, -0.05) is 0 Å².